The van der Waals surface area contributed by atoms with Crippen molar-refractivity contribution in [3.05, 3.63) is 29.8 Å². The zero-order valence-corrected chi connectivity index (χ0v) is 13.1. The Morgan fingerprint density at radius 3 is 2.32 bits per heavy atom. The Hall–Kier alpha value is -0.400. The molecule has 120 valence electrons. The summed E-state index contributed by atoms with van der Waals surface area (Å²) in [6, 6.07) is 5.47. The van der Waals surface area contributed by atoms with Crippen molar-refractivity contribution in [3.8, 4) is 0 Å². The van der Waals surface area contributed by atoms with E-state index < -0.39 is 21.0 Å². The molecule has 0 spiro atoms. The summed E-state index contributed by atoms with van der Waals surface area (Å²) in [4.78, 5) is 11.4. The topological polar surface area (TPSA) is 80.7 Å². The monoisotopic (exact) mass is 338 g/mol. The summed E-state index contributed by atoms with van der Waals surface area (Å²) in [5, 5.41) is 0. The minimum absolute atomic E-state index is 0. The number of esters is 1. The molecule has 0 radical (unpaired) electrons. The van der Waals surface area contributed by atoms with E-state index in [-0.39, 0.29) is 41.7 Å². The van der Waals surface area contributed by atoms with Crippen LogP contribution in [0.1, 0.15) is 55.8 Å². The van der Waals surface area contributed by atoms with Crippen LogP contribution in [0.5, 0.6) is 0 Å². The maximum absolute atomic E-state index is 11.8. The fourth-order valence-electron chi connectivity index (χ4n) is 1.99. The van der Waals surface area contributed by atoms with Gasteiger partial charge in [0, 0.05) is 0 Å². The minimum atomic E-state index is -4.42. The molecule has 5 nitrogen and oxygen atoms in total. The average Bonchev–Trinajstić information content (AvgIpc) is 2.45. The number of benzene rings is 1. The summed E-state index contributed by atoms with van der Waals surface area (Å²) in [6.07, 6.45) is 6.41. The van der Waals surface area contributed by atoms with Crippen LogP contribution in [-0.4, -0.2) is 55.1 Å². The van der Waals surface area contributed by atoms with Crippen LogP contribution in [0.15, 0.2) is 29.2 Å². The molecule has 0 bridgehead atoms. The van der Waals surface area contributed by atoms with Gasteiger partial charge in [0.25, 0.3) is 10.1 Å². The first kappa shape index (κ1) is 21.6. The van der Waals surface area contributed by atoms with Crippen LogP contribution in [-0.2, 0) is 14.9 Å². The van der Waals surface area contributed by atoms with E-state index in [1.165, 1.54) is 43.5 Å². The van der Waals surface area contributed by atoms with Gasteiger partial charge in [0.2, 0.25) is 0 Å². The number of carbonyl (C=O) groups is 1. The second-order valence-electron chi connectivity index (χ2n) is 4.87. The standard InChI is InChI=1S/C15H22O5S.Na.H/c1-2-3-4-5-6-9-12-20-15(16)13-10-7-8-11-14(13)21(17,18)19;;/h7-8,10-11H,2-6,9,12H2,1H3,(H,17,18,19);;. The van der Waals surface area contributed by atoms with Gasteiger partial charge < -0.3 is 4.74 Å². The van der Waals surface area contributed by atoms with E-state index in [0.717, 1.165) is 19.3 Å². The molecule has 1 aromatic rings. The first-order valence-corrected chi connectivity index (χ1v) is 8.64. The van der Waals surface area contributed by atoms with E-state index >= 15 is 0 Å². The summed E-state index contributed by atoms with van der Waals surface area (Å²) in [7, 11) is -4.42. The van der Waals surface area contributed by atoms with E-state index in [0.29, 0.717) is 0 Å². The molecule has 7 heteroatoms. The van der Waals surface area contributed by atoms with Gasteiger partial charge in [-0.25, -0.2) is 4.79 Å². The van der Waals surface area contributed by atoms with Gasteiger partial charge in [-0.2, -0.15) is 8.42 Å². The van der Waals surface area contributed by atoms with Gasteiger partial charge in [-0.3, -0.25) is 4.55 Å². The maximum atomic E-state index is 11.8. The fraction of sp³-hybridized carbons (Fsp3) is 0.533. The van der Waals surface area contributed by atoms with Crippen molar-refractivity contribution in [2.75, 3.05) is 6.61 Å². The zero-order valence-electron chi connectivity index (χ0n) is 12.2. The molecule has 0 atom stereocenters. The second-order valence-corrected chi connectivity index (χ2v) is 6.26. The van der Waals surface area contributed by atoms with E-state index in [4.69, 9.17) is 9.29 Å². The number of hydrogen-bond acceptors (Lipinski definition) is 4. The van der Waals surface area contributed by atoms with Crippen LogP contribution >= 0.6 is 0 Å². The summed E-state index contributed by atoms with van der Waals surface area (Å²) in [6.45, 7) is 2.40. The number of ether oxygens (including phenoxy) is 1. The van der Waals surface area contributed by atoms with Crippen molar-refractivity contribution in [1.82, 2.24) is 0 Å². The summed E-state index contributed by atoms with van der Waals surface area (Å²) in [5.74, 6) is -0.725. The van der Waals surface area contributed by atoms with Crippen molar-refractivity contribution in [2.24, 2.45) is 0 Å². The molecule has 0 heterocycles. The first-order valence-electron chi connectivity index (χ1n) is 7.20. The third-order valence-electron chi connectivity index (χ3n) is 3.12. The number of unbranched alkanes of at least 4 members (excludes halogenated alkanes) is 5. The quantitative estimate of drug-likeness (QED) is 0.324. The van der Waals surface area contributed by atoms with Crippen LogP contribution in [0.25, 0.3) is 0 Å². The molecule has 0 aliphatic heterocycles. The average molecular weight is 338 g/mol. The molecule has 0 saturated heterocycles. The SMILES string of the molecule is CCCCCCCCOC(=O)c1ccccc1S(=O)(=O)O.[NaH]. The Bertz CT molecular complexity index is 557. The zero-order chi connectivity index (χ0) is 15.7. The fourth-order valence-corrected chi connectivity index (χ4v) is 2.67. The summed E-state index contributed by atoms with van der Waals surface area (Å²) in [5.41, 5.74) is -0.133. The predicted octanol–water partition coefficient (Wildman–Crippen LogP) is 2.80. The molecule has 0 aliphatic carbocycles. The number of hydrogen-bond donors (Lipinski definition) is 1. The van der Waals surface area contributed by atoms with Crippen molar-refractivity contribution in [1.29, 1.82) is 0 Å². The molecule has 1 rings (SSSR count). The molecule has 1 N–H and O–H groups in total. The van der Waals surface area contributed by atoms with Gasteiger partial charge >= 0.3 is 35.5 Å². The molecule has 0 aliphatic rings. The second kappa shape index (κ2) is 11.2. The van der Waals surface area contributed by atoms with E-state index in [1.807, 2.05) is 0 Å². The van der Waals surface area contributed by atoms with Gasteiger partial charge in [-0.1, -0.05) is 51.2 Å². The normalized spacial score (nSPS) is 10.8. The summed E-state index contributed by atoms with van der Waals surface area (Å²) < 4.78 is 36.5. The molecule has 0 amide bonds. The Labute approximate surface area is 154 Å². The molecule has 1 aromatic carbocycles. The van der Waals surface area contributed by atoms with Crippen molar-refractivity contribution in [2.45, 2.75) is 50.3 Å². The summed E-state index contributed by atoms with van der Waals surface area (Å²) >= 11 is 0. The van der Waals surface area contributed by atoms with Crippen LogP contribution in [0.3, 0.4) is 0 Å². The van der Waals surface area contributed by atoms with Crippen LogP contribution in [0.4, 0.5) is 0 Å². The Balaban J connectivity index is 0.00000441. The van der Waals surface area contributed by atoms with Crippen molar-refractivity contribution >= 4 is 45.6 Å². The van der Waals surface area contributed by atoms with Crippen LogP contribution in [0, 0.1) is 0 Å². The molecule has 0 aromatic heterocycles. The molecule has 0 unspecified atom stereocenters. The van der Waals surface area contributed by atoms with Crippen LogP contribution < -0.4 is 0 Å². The molecule has 0 saturated carbocycles. The Morgan fingerprint density at radius 1 is 1.09 bits per heavy atom. The van der Waals surface area contributed by atoms with Gasteiger partial charge in [0.15, 0.2) is 0 Å². The Morgan fingerprint density at radius 2 is 1.68 bits per heavy atom. The Kier molecular flexibility index (Phi) is 11.0. The van der Waals surface area contributed by atoms with Gasteiger partial charge in [0.1, 0.15) is 4.90 Å². The first-order chi connectivity index (χ1) is 9.96. The molecular weight excluding hydrogens is 315 g/mol. The van der Waals surface area contributed by atoms with Gasteiger partial charge in [0.05, 0.1) is 12.2 Å². The molecular formula is C15H23NaO5S. The predicted molar refractivity (Wildman–Crippen MR) is 87.1 cm³/mol. The molecule has 0 fully saturated rings. The third-order valence-corrected chi connectivity index (χ3v) is 4.03. The van der Waals surface area contributed by atoms with E-state index in [9.17, 15) is 13.2 Å². The van der Waals surface area contributed by atoms with E-state index in [1.54, 1.807) is 0 Å². The molecule has 22 heavy (non-hydrogen) atoms. The number of carbonyl (C=O) groups excluding carboxylic acids is 1. The number of rotatable bonds is 9. The van der Waals surface area contributed by atoms with Crippen molar-refractivity contribution < 1.29 is 22.5 Å². The van der Waals surface area contributed by atoms with E-state index in [2.05, 4.69) is 6.92 Å². The van der Waals surface area contributed by atoms with Gasteiger partial charge in [-0.05, 0) is 18.6 Å². The third kappa shape index (κ3) is 7.74. The van der Waals surface area contributed by atoms with Gasteiger partial charge in [-0.15, -0.1) is 0 Å². The van der Waals surface area contributed by atoms with Crippen LogP contribution in [0.2, 0.25) is 0 Å². The van der Waals surface area contributed by atoms with Crippen molar-refractivity contribution in [3.63, 3.8) is 0 Å².